The van der Waals surface area contributed by atoms with E-state index in [1.165, 1.54) is 23.7 Å². The quantitative estimate of drug-likeness (QED) is 0.0938. The van der Waals surface area contributed by atoms with E-state index in [1.54, 1.807) is 20.0 Å². The number of hydrogen-bond donors (Lipinski definition) is 4. The number of esters is 5. The van der Waals surface area contributed by atoms with Gasteiger partial charge in [0.15, 0.2) is 12.2 Å². The predicted molar refractivity (Wildman–Crippen MR) is 233 cm³/mol. The molecule has 5 N–H and O–H groups in total. The number of carbonyl (C=O) groups is 8. The first-order valence-corrected chi connectivity index (χ1v) is 22.5. The van der Waals surface area contributed by atoms with Crippen molar-refractivity contribution in [2.75, 3.05) is 20.2 Å². The van der Waals surface area contributed by atoms with E-state index in [0.29, 0.717) is 36.8 Å². The van der Waals surface area contributed by atoms with Crippen LogP contribution in [-0.4, -0.2) is 131 Å². The second kappa shape index (κ2) is 23.6. The van der Waals surface area contributed by atoms with Crippen LogP contribution in [0, 0.1) is 13.8 Å². The summed E-state index contributed by atoms with van der Waals surface area (Å²) in [5.74, 6) is -8.24. The largest absolute Gasteiger partial charge is 0.465 e. The molecule has 3 amide bonds. The maximum Gasteiger partial charge on any atom is 0.366 e. The van der Waals surface area contributed by atoms with Crippen molar-refractivity contribution >= 4 is 47.6 Å². The topological polar surface area (TPSA) is 294 Å². The fraction of sp³-hybridized carbons (Fsp3) is 0.644. The zero-order valence-electron chi connectivity index (χ0n) is 39.1. The normalized spacial score (nSPS) is 23.9. The van der Waals surface area contributed by atoms with Gasteiger partial charge in [0.1, 0.15) is 24.5 Å². The van der Waals surface area contributed by atoms with Gasteiger partial charge in [0.2, 0.25) is 11.8 Å². The molecular formula is C45H63N7O15. The van der Waals surface area contributed by atoms with Crippen molar-refractivity contribution in [2.24, 2.45) is 5.73 Å². The Morgan fingerprint density at radius 1 is 0.836 bits per heavy atom. The molecule has 0 radical (unpaired) electrons. The van der Waals surface area contributed by atoms with Crippen LogP contribution in [0.15, 0.2) is 18.3 Å². The number of nitrogens with one attached hydrogen (secondary N) is 3. The van der Waals surface area contributed by atoms with Gasteiger partial charge in [-0.25, -0.2) is 9.48 Å². The van der Waals surface area contributed by atoms with Gasteiger partial charge >= 0.3 is 29.8 Å². The molecule has 22 nitrogen and oxygen atoms in total. The molecule has 368 valence electrons. The SMILES string of the molecule is COC(=O)[C@@]1(O[C@@H]2CCCC[C@H]2NC(=O)CN)C[C@H](OC(C)=O)[C@@H](NC(=O)Cn2cc(C3CCCCC3)nn2)[C@H]([C@H](OC(C)=O)[C@@H](CNC(=O)c2cc(C)c(OC(C)=O)c(C)c2)OC(C)=O)O1. The Kier molecular flexibility index (Phi) is 18.3. The zero-order chi connectivity index (χ0) is 49.0. The Balaban J connectivity index is 1.58. The Labute approximate surface area is 388 Å². The Hall–Kier alpha value is -6.00. The standard InChI is InChI=1S/C45H63N7O15/c1-24-17-31(18-25(2)40(24)64-28(5)55)43(59)47-21-36(63-27(4)54)41(65-29(6)56)42-39(49-38(58)23-52-22-33(50-51-52)30-13-9-8-10-14-30)35(62-26(3)53)19-45(67-42,44(60)61-7)66-34-16-12-11-15-32(34)48-37(57)20-46/h17-18,22,30,32,34-36,39,41-42H,8-16,19-21,23,46H2,1-7H3,(H,47,59)(H,48,57)(H,49,58)/t32-,34-,35+,36-,39-,41-,42-,45-/m1/s1. The van der Waals surface area contributed by atoms with Gasteiger partial charge in [-0.05, 0) is 62.8 Å². The minimum atomic E-state index is -2.49. The second-order valence-electron chi connectivity index (χ2n) is 17.2. The van der Waals surface area contributed by atoms with Gasteiger partial charge in [-0.15, -0.1) is 5.10 Å². The van der Waals surface area contributed by atoms with E-state index in [4.69, 9.17) is 38.9 Å². The Bertz CT molecular complexity index is 2120. The predicted octanol–water partition coefficient (Wildman–Crippen LogP) is 1.64. The van der Waals surface area contributed by atoms with E-state index in [9.17, 15) is 38.4 Å². The molecule has 2 heterocycles. The number of aryl methyl sites for hydroxylation is 2. The lowest BCUT2D eigenvalue weighted by molar-refractivity contribution is -0.327. The van der Waals surface area contributed by atoms with Crippen molar-refractivity contribution in [3.63, 3.8) is 0 Å². The van der Waals surface area contributed by atoms with Crippen LogP contribution in [-0.2, 0) is 68.5 Å². The first-order chi connectivity index (χ1) is 31.8. The maximum absolute atomic E-state index is 14.2. The number of hydrogen-bond acceptors (Lipinski definition) is 18. The van der Waals surface area contributed by atoms with E-state index in [1.807, 2.05) is 0 Å². The highest BCUT2D eigenvalue weighted by Crippen LogP contribution is 2.40. The van der Waals surface area contributed by atoms with E-state index < -0.39 is 109 Å². The molecule has 3 fully saturated rings. The molecule has 0 bridgehead atoms. The molecule has 1 aliphatic heterocycles. The average molecular weight is 942 g/mol. The molecule has 2 saturated carbocycles. The lowest BCUT2D eigenvalue weighted by atomic mass is 9.86. The number of rotatable bonds is 18. The minimum absolute atomic E-state index is 0.132. The van der Waals surface area contributed by atoms with Crippen LogP contribution in [0.1, 0.15) is 125 Å². The second-order valence-corrected chi connectivity index (χ2v) is 17.2. The molecule has 22 heteroatoms. The van der Waals surface area contributed by atoms with Crippen molar-refractivity contribution in [1.82, 2.24) is 30.9 Å². The highest BCUT2D eigenvalue weighted by molar-refractivity contribution is 5.95. The van der Waals surface area contributed by atoms with Crippen molar-refractivity contribution < 1.29 is 71.5 Å². The summed E-state index contributed by atoms with van der Waals surface area (Å²) in [6.07, 6.45) is 0.638. The highest BCUT2D eigenvalue weighted by Gasteiger charge is 2.60. The van der Waals surface area contributed by atoms with Crippen LogP contribution in [0.25, 0.3) is 0 Å². The van der Waals surface area contributed by atoms with Gasteiger partial charge in [-0.2, -0.15) is 0 Å². The van der Waals surface area contributed by atoms with Crippen LogP contribution < -0.4 is 26.4 Å². The van der Waals surface area contributed by atoms with Gasteiger partial charge in [0.25, 0.3) is 11.7 Å². The molecule has 3 aliphatic rings. The maximum atomic E-state index is 14.2. The summed E-state index contributed by atoms with van der Waals surface area (Å²) in [4.78, 5) is 105. The summed E-state index contributed by atoms with van der Waals surface area (Å²) in [7, 11) is 1.07. The summed E-state index contributed by atoms with van der Waals surface area (Å²) >= 11 is 0. The summed E-state index contributed by atoms with van der Waals surface area (Å²) in [6.45, 7) is 6.51. The molecular weight excluding hydrogens is 879 g/mol. The molecule has 2 aromatic rings. The van der Waals surface area contributed by atoms with Crippen LogP contribution in [0.3, 0.4) is 0 Å². The molecule has 8 atom stereocenters. The van der Waals surface area contributed by atoms with Gasteiger partial charge in [-0.1, -0.05) is 37.3 Å². The molecule has 5 rings (SSSR count). The summed E-state index contributed by atoms with van der Waals surface area (Å²) in [6, 6.07) is 0.806. The number of benzene rings is 1. The van der Waals surface area contributed by atoms with Crippen molar-refractivity contribution in [3.05, 3.63) is 40.7 Å². The summed E-state index contributed by atoms with van der Waals surface area (Å²) in [5, 5.41) is 16.8. The van der Waals surface area contributed by atoms with E-state index in [2.05, 4.69) is 26.3 Å². The van der Waals surface area contributed by atoms with Crippen LogP contribution in [0.5, 0.6) is 5.75 Å². The number of aromatic nitrogens is 3. The van der Waals surface area contributed by atoms with Gasteiger partial charge < -0.3 is 54.8 Å². The van der Waals surface area contributed by atoms with Gasteiger partial charge in [-0.3, -0.25) is 33.6 Å². The van der Waals surface area contributed by atoms with Crippen molar-refractivity contribution in [1.29, 1.82) is 0 Å². The summed E-state index contributed by atoms with van der Waals surface area (Å²) < 4.78 is 42.6. The fourth-order valence-electron chi connectivity index (χ4n) is 9.06. The Morgan fingerprint density at radius 3 is 2.10 bits per heavy atom. The number of ether oxygens (including phenoxy) is 7. The molecule has 1 saturated heterocycles. The monoisotopic (exact) mass is 941 g/mol. The molecule has 1 aromatic heterocycles. The number of carbonyl (C=O) groups excluding carboxylic acids is 8. The van der Waals surface area contributed by atoms with Gasteiger partial charge in [0.05, 0.1) is 50.5 Å². The number of amides is 3. The summed E-state index contributed by atoms with van der Waals surface area (Å²) in [5.41, 5.74) is 7.43. The third kappa shape index (κ3) is 14.0. The fourth-order valence-corrected chi connectivity index (χ4v) is 9.06. The first kappa shape index (κ1) is 52.0. The third-order valence-electron chi connectivity index (χ3n) is 11.9. The minimum Gasteiger partial charge on any atom is -0.465 e. The lowest BCUT2D eigenvalue weighted by Gasteiger charge is -2.50. The van der Waals surface area contributed by atoms with Crippen LogP contribution >= 0.6 is 0 Å². The lowest BCUT2D eigenvalue weighted by Crippen LogP contribution is -2.70. The zero-order valence-corrected chi connectivity index (χ0v) is 39.1. The highest BCUT2D eigenvalue weighted by atomic mass is 16.7. The molecule has 0 spiro atoms. The van der Waals surface area contributed by atoms with Crippen molar-refractivity contribution in [3.8, 4) is 5.75 Å². The third-order valence-corrected chi connectivity index (χ3v) is 11.9. The molecule has 67 heavy (non-hydrogen) atoms. The van der Waals surface area contributed by atoms with E-state index >= 15 is 0 Å². The average Bonchev–Trinajstić information content (AvgIpc) is 3.74. The van der Waals surface area contributed by atoms with Crippen LogP contribution in [0.2, 0.25) is 0 Å². The number of nitrogens with two attached hydrogens (primary N) is 1. The molecule has 2 aliphatic carbocycles. The van der Waals surface area contributed by atoms with E-state index in [-0.39, 0.29) is 30.3 Å². The van der Waals surface area contributed by atoms with Gasteiger partial charge in [0, 0.05) is 45.4 Å². The van der Waals surface area contributed by atoms with Crippen molar-refractivity contribution in [2.45, 2.75) is 167 Å². The number of nitrogens with zero attached hydrogens (tertiary/aromatic N) is 3. The first-order valence-electron chi connectivity index (χ1n) is 22.5. The number of methoxy groups -OCH3 is 1. The Morgan fingerprint density at radius 2 is 1.49 bits per heavy atom. The van der Waals surface area contributed by atoms with E-state index in [0.717, 1.165) is 65.7 Å². The molecule has 1 aromatic carbocycles. The molecule has 0 unspecified atom stereocenters. The smallest absolute Gasteiger partial charge is 0.366 e. The van der Waals surface area contributed by atoms with Crippen LogP contribution in [0.4, 0.5) is 0 Å².